The molecule has 1 fully saturated rings. The molecule has 1 unspecified atom stereocenters. The fraction of sp³-hybridized carbons (Fsp3) is 0.438. The van der Waals surface area contributed by atoms with E-state index in [1.54, 1.807) is 11.3 Å². The van der Waals surface area contributed by atoms with E-state index in [1.165, 1.54) is 11.3 Å². The van der Waals surface area contributed by atoms with E-state index in [-0.39, 0.29) is 25.0 Å². The van der Waals surface area contributed by atoms with Gasteiger partial charge in [-0.3, -0.25) is 9.59 Å². The van der Waals surface area contributed by atoms with Crippen LogP contribution in [-0.2, 0) is 20.7 Å². The van der Waals surface area contributed by atoms with Crippen molar-refractivity contribution in [3.8, 4) is 9.88 Å². The van der Waals surface area contributed by atoms with Crippen LogP contribution in [0.25, 0.3) is 9.88 Å². The minimum Gasteiger partial charge on any atom is -0.455 e. The molecular formula is C16H18N2O3S2. The number of hydrogen-bond acceptors (Lipinski definition) is 6. The van der Waals surface area contributed by atoms with E-state index in [1.807, 2.05) is 29.8 Å². The lowest BCUT2D eigenvalue weighted by molar-refractivity contribution is -0.148. The Morgan fingerprint density at radius 2 is 2.26 bits per heavy atom. The van der Waals surface area contributed by atoms with E-state index in [0.29, 0.717) is 11.6 Å². The van der Waals surface area contributed by atoms with Gasteiger partial charge in [-0.05, 0) is 37.1 Å². The molecule has 1 atom stereocenters. The van der Waals surface area contributed by atoms with Crippen LogP contribution < -0.4 is 5.32 Å². The summed E-state index contributed by atoms with van der Waals surface area (Å²) in [4.78, 5) is 29.0. The van der Waals surface area contributed by atoms with Crippen molar-refractivity contribution in [1.29, 1.82) is 0 Å². The van der Waals surface area contributed by atoms with Crippen molar-refractivity contribution in [1.82, 2.24) is 10.3 Å². The van der Waals surface area contributed by atoms with E-state index in [2.05, 4.69) is 10.3 Å². The Hall–Kier alpha value is -1.73. The van der Waals surface area contributed by atoms with Crippen LogP contribution in [0.1, 0.15) is 25.5 Å². The largest absolute Gasteiger partial charge is 0.455 e. The maximum atomic E-state index is 11.8. The van der Waals surface area contributed by atoms with Gasteiger partial charge in [0.25, 0.3) is 5.91 Å². The zero-order valence-corrected chi connectivity index (χ0v) is 14.4. The number of esters is 1. The third kappa shape index (κ3) is 4.62. The lowest BCUT2D eigenvalue weighted by Crippen LogP contribution is -2.37. The lowest BCUT2D eigenvalue weighted by atomic mass is 10.2. The Morgan fingerprint density at radius 3 is 2.96 bits per heavy atom. The first-order valence-corrected chi connectivity index (χ1v) is 9.31. The van der Waals surface area contributed by atoms with Crippen molar-refractivity contribution in [3.63, 3.8) is 0 Å². The number of amides is 1. The average molecular weight is 350 g/mol. The lowest BCUT2D eigenvalue weighted by Gasteiger charge is -2.12. The van der Waals surface area contributed by atoms with Crippen LogP contribution >= 0.6 is 22.7 Å². The Kier molecular flexibility index (Phi) is 5.07. The Morgan fingerprint density at radius 1 is 1.43 bits per heavy atom. The normalized spacial score (nSPS) is 15.2. The molecule has 1 aliphatic rings. The Bertz CT molecular complexity index is 677. The second-order valence-electron chi connectivity index (χ2n) is 5.65. The third-order valence-corrected chi connectivity index (χ3v) is 5.62. The fourth-order valence-electron chi connectivity index (χ4n) is 2.26. The maximum absolute atomic E-state index is 11.8. The molecule has 23 heavy (non-hydrogen) atoms. The summed E-state index contributed by atoms with van der Waals surface area (Å²) in [5.41, 5.74) is 0.676. The van der Waals surface area contributed by atoms with Crippen LogP contribution in [0.3, 0.4) is 0 Å². The summed E-state index contributed by atoms with van der Waals surface area (Å²) in [7, 11) is 0. The highest BCUT2D eigenvalue weighted by Crippen LogP contribution is 2.32. The van der Waals surface area contributed by atoms with Gasteiger partial charge in [0.15, 0.2) is 6.61 Å². The smallest absolute Gasteiger partial charge is 0.312 e. The molecule has 0 saturated heterocycles. The minimum absolute atomic E-state index is 0.0906. The van der Waals surface area contributed by atoms with Crippen molar-refractivity contribution >= 4 is 34.6 Å². The predicted molar refractivity (Wildman–Crippen MR) is 90.4 cm³/mol. The number of aromatic nitrogens is 1. The quantitative estimate of drug-likeness (QED) is 0.780. The Labute approximate surface area is 142 Å². The topological polar surface area (TPSA) is 68.3 Å². The first kappa shape index (κ1) is 16.1. The zero-order chi connectivity index (χ0) is 16.2. The number of rotatable bonds is 7. The van der Waals surface area contributed by atoms with Gasteiger partial charge >= 0.3 is 5.97 Å². The summed E-state index contributed by atoms with van der Waals surface area (Å²) in [5, 5.41) is 7.60. The molecule has 7 heteroatoms. The highest BCUT2D eigenvalue weighted by Gasteiger charge is 2.28. The first-order chi connectivity index (χ1) is 11.1. The molecule has 1 amide bonds. The van der Waals surface area contributed by atoms with Gasteiger partial charge in [-0.25, -0.2) is 4.98 Å². The first-order valence-electron chi connectivity index (χ1n) is 7.55. The second-order valence-corrected chi connectivity index (χ2v) is 7.46. The molecule has 1 N–H and O–H groups in total. The van der Waals surface area contributed by atoms with Gasteiger partial charge in [0.1, 0.15) is 5.01 Å². The van der Waals surface area contributed by atoms with E-state index >= 15 is 0 Å². The molecule has 0 spiro atoms. The predicted octanol–water partition coefficient (Wildman–Crippen LogP) is 2.87. The van der Waals surface area contributed by atoms with Crippen molar-refractivity contribution in [2.45, 2.75) is 32.2 Å². The van der Waals surface area contributed by atoms with Crippen LogP contribution in [0.5, 0.6) is 0 Å². The number of ether oxygens (including phenoxy) is 1. The summed E-state index contributed by atoms with van der Waals surface area (Å²) in [6.45, 7) is 1.76. The van der Waals surface area contributed by atoms with Crippen LogP contribution in [0, 0.1) is 5.92 Å². The molecule has 2 aromatic heterocycles. The highest BCUT2D eigenvalue weighted by atomic mass is 32.1. The van der Waals surface area contributed by atoms with Crippen LogP contribution in [0.2, 0.25) is 0 Å². The molecule has 122 valence electrons. The van der Waals surface area contributed by atoms with Crippen molar-refractivity contribution in [3.05, 3.63) is 28.6 Å². The molecule has 3 rings (SSSR count). The van der Waals surface area contributed by atoms with Crippen molar-refractivity contribution < 1.29 is 14.3 Å². The number of nitrogens with zero attached hydrogens (tertiary/aromatic N) is 1. The molecule has 5 nitrogen and oxygen atoms in total. The van der Waals surface area contributed by atoms with Gasteiger partial charge in [-0.1, -0.05) is 6.07 Å². The third-order valence-electron chi connectivity index (χ3n) is 3.69. The number of carbonyl (C=O) groups is 2. The van der Waals surface area contributed by atoms with Crippen molar-refractivity contribution in [2.75, 3.05) is 6.61 Å². The van der Waals surface area contributed by atoms with Gasteiger partial charge in [0.2, 0.25) is 0 Å². The van der Waals surface area contributed by atoms with Gasteiger partial charge in [-0.15, -0.1) is 22.7 Å². The second kappa shape index (κ2) is 7.23. The number of carbonyl (C=O) groups excluding carboxylic acids is 2. The van der Waals surface area contributed by atoms with E-state index < -0.39 is 5.97 Å². The minimum atomic E-state index is -0.428. The molecule has 1 saturated carbocycles. The van der Waals surface area contributed by atoms with E-state index in [4.69, 9.17) is 4.74 Å². The standard InChI is InChI=1S/C16H18N2O3S2/c1-10(11-4-5-11)17-14(19)8-21-15(20)7-12-9-23-16(18-12)13-3-2-6-22-13/h2-3,6,9-11H,4-5,7-8H2,1H3,(H,17,19). The van der Waals surface area contributed by atoms with Gasteiger partial charge in [0, 0.05) is 11.4 Å². The molecule has 2 aromatic rings. The molecule has 2 heterocycles. The van der Waals surface area contributed by atoms with Crippen LogP contribution in [0.4, 0.5) is 0 Å². The SMILES string of the molecule is CC(NC(=O)COC(=O)Cc1csc(-c2cccs2)n1)C1CC1. The maximum Gasteiger partial charge on any atom is 0.312 e. The molecule has 0 radical (unpaired) electrons. The number of thiophene rings is 1. The fourth-order valence-corrected chi connectivity index (χ4v) is 3.89. The van der Waals surface area contributed by atoms with Gasteiger partial charge < -0.3 is 10.1 Å². The van der Waals surface area contributed by atoms with Crippen LogP contribution in [-0.4, -0.2) is 29.5 Å². The zero-order valence-electron chi connectivity index (χ0n) is 12.8. The number of nitrogens with one attached hydrogen (secondary N) is 1. The molecule has 0 bridgehead atoms. The monoisotopic (exact) mass is 350 g/mol. The van der Waals surface area contributed by atoms with Gasteiger partial charge in [0.05, 0.1) is 17.0 Å². The summed E-state index contributed by atoms with van der Waals surface area (Å²) in [6, 6.07) is 4.13. The van der Waals surface area contributed by atoms with Crippen molar-refractivity contribution in [2.24, 2.45) is 5.92 Å². The molecule has 0 aromatic carbocycles. The molecular weight excluding hydrogens is 332 g/mol. The number of thiazole rings is 1. The van der Waals surface area contributed by atoms with E-state index in [0.717, 1.165) is 22.7 Å². The van der Waals surface area contributed by atoms with Crippen LogP contribution in [0.15, 0.2) is 22.9 Å². The highest BCUT2D eigenvalue weighted by molar-refractivity contribution is 7.20. The average Bonchev–Trinajstić information content (AvgIpc) is 3.04. The Balaban J connectivity index is 1.43. The summed E-state index contributed by atoms with van der Waals surface area (Å²) in [6.07, 6.45) is 2.42. The summed E-state index contributed by atoms with van der Waals surface area (Å²) in [5.74, 6) is -0.0853. The molecule has 0 aliphatic heterocycles. The number of hydrogen-bond donors (Lipinski definition) is 1. The summed E-state index contributed by atoms with van der Waals surface area (Å²) >= 11 is 3.12. The summed E-state index contributed by atoms with van der Waals surface area (Å²) < 4.78 is 5.03. The van der Waals surface area contributed by atoms with E-state index in [9.17, 15) is 9.59 Å². The molecule has 1 aliphatic carbocycles. The van der Waals surface area contributed by atoms with Gasteiger partial charge in [-0.2, -0.15) is 0 Å².